The minimum Gasteiger partial charge on any atom is -0.354 e. The van der Waals surface area contributed by atoms with Crippen LogP contribution >= 0.6 is 0 Å². The number of amides is 2. The number of nitrogens with zero attached hydrogens (tertiary/aromatic N) is 1. The lowest BCUT2D eigenvalue weighted by molar-refractivity contribution is -0.140. The summed E-state index contributed by atoms with van der Waals surface area (Å²) in [6, 6.07) is 7.57. The zero-order valence-electron chi connectivity index (χ0n) is 14.3. The van der Waals surface area contributed by atoms with E-state index in [1.54, 1.807) is 11.8 Å². The Labute approximate surface area is 133 Å². The number of aryl methyl sites for hydroxylation is 1. The molecule has 0 aliphatic carbocycles. The van der Waals surface area contributed by atoms with E-state index >= 15 is 0 Å². The van der Waals surface area contributed by atoms with Crippen molar-refractivity contribution in [2.24, 2.45) is 5.92 Å². The Morgan fingerprint density at radius 2 is 1.91 bits per heavy atom. The highest BCUT2D eigenvalue weighted by Gasteiger charge is 2.24. The van der Waals surface area contributed by atoms with E-state index in [9.17, 15) is 9.59 Å². The molecule has 4 nitrogen and oxygen atoms in total. The number of carbonyl (C=O) groups is 2. The van der Waals surface area contributed by atoms with Crippen LogP contribution in [0.4, 0.5) is 0 Å². The van der Waals surface area contributed by atoms with Gasteiger partial charge in [0.15, 0.2) is 0 Å². The summed E-state index contributed by atoms with van der Waals surface area (Å²) in [5, 5.41) is 2.91. The standard InChI is InChI=1S/C18H28N2O2/c1-6-17(21)20(12-16-9-7-8-14(4)10-16)15(5)18(22)19-11-13(2)3/h7-10,13,15H,6,11-12H2,1-5H3,(H,19,22). The maximum atomic E-state index is 12.3. The van der Waals surface area contributed by atoms with Crippen molar-refractivity contribution in [2.45, 2.75) is 53.6 Å². The van der Waals surface area contributed by atoms with Gasteiger partial charge in [-0.05, 0) is 25.3 Å². The third-order valence-electron chi connectivity index (χ3n) is 3.59. The first-order valence-electron chi connectivity index (χ1n) is 7.97. The molecular weight excluding hydrogens is 276 g/mol. The molecule has 1 unspecified atom stereocenters. The Balaban J connectivity index is 2.83. The van der Waals surface area contributed by atoms with Crippen molar-refractivity contribution >= 4 is 11.8 Å². The van der Waals surface area contributed by atoms with E-state index in [4.69, 9.17) is 0 Å². The maximum Gasteiger partial charge on any atom is 0.242 e. The van der Waals surface area contributed by atoms with Gasteiger partial charge >= 0.3 is 0 Å². The molecule has 1 N–H and O–H groups in total. The highest BCUT2D eigenvalue weighted by Crippen LogP contribution is 2.12. The van der Waals surface area contributed by atoms with Crippen LogP contribution in [-0.4, -0.2) is 29.3 Å². The average molecular weight is 304 g/mol. The van der Waals surface area contributed by atoms with Crippen LogP contribution in [0.25, 0.3) is 0 Å². The van der Waals surface area contributed by atoms with Crippen LogP contribution in [-0.2, 0) is 16.1 Å². The Morgan fingerprint density at radius 1 is 1.23 bits per heavy atom. The Bertz CT molecular complexity index is 512. The van der Waals surface area contributed by atoms with Gasteiger partial charge in [0.25, 0.3) is 0 Å². The third-order valence-corrected chi connectivity index (χ3v) is 3.59. The molecule has 122 valence electrons. The lowest BCUT2D eigenvalue weighted by Crippen LogP contribution is -2.48. The number of benzene rings is 1. The molecule has 0 saturated heterocycles. The summed E-state index contributed by atoms with van der Waals surface area (Å²) < 4.78 is 0. The number of nitrogens with one attached hydrogen (secondary N) is 1. The van der Waals surface area contributed by atoms with Crippen LogP contribution < -0.4 is 5.32 Å². The van der Waals surface area contributed by atoms with Gasteiger partial charge in [0.05, 0.1) is 0 Å². The van der Waals surface area contributed by atoms with E-state index < -0.39 is 6.04 Å². The second-order valence-electron chi connectivity index (χ2n) is 6.18. The van der Waals surface area contributed by atoms with Crippen molar-refractivity contribution in [3.8, 4) is 0 Å². The van der Waals surface area contributed by atoms with Gasteiger partial charge in [-0.25, -0.2) is 0 Å². The molecule has 1 aromatic rings. The first kappa shape index (κ1) is 18.2. The predicted octanol–water partition coefficient (Wildman–Crippen LogP) is 2.89. The van der Waals surface area contributed by atoms with Gasteiger partial charge in [-0.1, -0.05) is 50.6 Å². The van der Waals surface area contributed by atoms with Crippen LogP contribution in [0, 0.1) is 12.8 Å². The van der Waals surface area contributed by atoms with Crippen LogP contribution in [0.5, 0.6) is 0 Å². The quantitative estimate of drug-likeness (QED) is 0.842. The number of carbonyl (C=O) groups excluding carboxylic acids is 2. The van der Waals surface area contributed by atoms with Gasteiger partial charge in [-0.3, -0.25) is 9.59 Å². The van der Waals surface area contributed by atoms with Gasteiger partial charge < -0.3 is 10.2 Å². The zero-order chi connectivity index (χ0) is 16.7. The van der Waals surface area contributed by atoms with Crippen LogP contribution in [0.1, 0.15) is 45.2 Å². The maximum absolute atomic E-state index is 12.3. The normalized spacial score (nSPS) is 12.1. The molecule has 1 atom stereocenters. The largest absolute Gasteiger partial charge is 0.354 e. The van der Waals surface area contributed by atoms with Crippen molar-refractivity contribution in [1.29, 1.82) is 0 Å². The number of hydrogen-bond donors (Lipinski definition) is 1. The van der Waals surface area contributed by atoms with Crippen LogP contribution in [0.3, 0.4) is 0 Å². The molecule has 4 heteroatoms. The molecule has 2 amide bonds. The first-order chi connectivity index (χ1) is 10.3. The summed E-state index contributed by atoms with van der Waals surface area (Å²) in [7, 11) is 0. The van der Waals surface area contributed by atoms with Crippen molar-refractivity contribution in [1.82, 2.24) is 10.2 Å². The molecule has 0 spiro atoms. The Kier molecular flexibility index (Phi) is 7.09. The minimum atomic E-state index is -0.466. The second kappa shape index (κ2) is 8.57. The van der Waals surface area contributed by atoms with Gasteiger partial charge in [-0.15, -0.1) is 0 Å². The van der Waals surface area contributed by atoms with E-state index in [-0.39, 0.29) is 11.8 Å². The molecule has 0 aliphatic rings. The Morgan fingerprint density at radius 3 is 2.45 bits per heavy atom. The molecule has 0 heterocycles. The summed E-state index contributed by atoms with van der Waals surface area (Å²) in [5.74, 6) is 0.292. The molecule has 0 bridgehead atoms. The van der Waals surface area contributed by atoms with Crippen LogP contribution in [0.2, 0.25) is 0 Å². The minimum absolute atomic E-state index is 0.00583. The van der Waals surface area contributed by atoms with Gasteiger partial charge in [-0.2, -0.15) is 0 Å². The Hall–Kier alpha value is -1.84. The third kappa shape index (κ3) is 5.51. The SMILES string of the molecule is CCC(=O)N(Cc1cccc(C)c1)C(C)C(=O)NCC(C)C. The van der Waals surface area contributed by atoms with E-state index in [0.29, 0.717) is 25.4 Å². The van der Waals surface area contributed by atoms with E-state index in [1.165, 1.54) is 0 Å². The fraction of sp³-hybridized carbons (Fsp3) is 0.556. The van der Waals surface area contributed by atoms with Crippen molar-refractivity contribution in [3.05, 3.63) is 35.4 Å². The fourth-order valence-corrected chi connectivity index (χ4v) is 2.25. The number of rotatable bonds is 7. The highest BCUT2D eigenvalue weighted by molar-refractivity contribution is 5.87. The summed E-state index contributed by atoms with van der Waals surface area (Å²) >= 11 is 0. The van der Waals surface area contributed by atoms with Crippen molar-refractivity contribution < 1.29 is 9.59 Å². The van der Waals surface area contributed by atoms with Gasteiger partial charge in [0.2, 0.25) is 11.8 Å². The first-order valence-corrected chi connectivity index (χ1v) is 7.97. The monoisotopic (exact) mass is 304 g/mol. The lowest BCUT2D eigenvalue weighted by Gasteiger charge is -2.28. The van der Waals surface area contributed by atoms with E-state index in [2.05, 4.69) is 11.4 Å². The molecule has 0 radical (unpaired) electrons. The lowest BCUT2D eigenvalue weighted by atomic mass is 10.1. The van der Waals surface area contributed by atoms with E-state index in [0.717, 1.165) is 11.1 Å². The zero-order valence-corrected chi connectivity index (χ0v) is 14.3. The summed E-state index contributed by atoms with van der Waals surface area (Å²) in [5.41, 5.74) is 2.20. The molecule has 0 aliphatic heterocycles. The van der Waals surface area contributed by atoms with Gasteiger partial charge in [0, 0.05) is 19.5 Å². The predicted molar refractivity (Wildman–Crippen MR) is 89.3 cm³/mol. The topological polar surface area (TPSA) is 49.4 Å². The molecule has 0 saturated carbocycles. The van der Waals surface area contributed by atoms with Gasteiger partial charge in [0.1, 0.15) is 6.04 Å². The van der Waals surface area contributed by atoms with Crippen LogP contribution in [0.15, 0.2) is 24.3 Å². The second-order valence-corrected chi connectivity index (χ2v) is 6.18. The summed E-state index contributed by atoms with van der Waals surface area (Å²) in [4.78, 5) is 26.1. The van der Waals surface area contributed by atoms with E-state index in [1.807, 2.05) is 45.9 Å². The molecule has 22 heavy (non-hydrogen) atoms. The number of hydrogen-bond acceptors (Lipinski definition) is 2. The van der Waals surface area contributed by atoms with Crippen molar-refractivity contribution in [3.63, 3.8) is 0 Å². The molecular formula is C18H28N2O2. The molecule has 0 fully saturated rings. The molecule has 1 aromatic carbocycles. The van der Waals surface area contributed by atoms with Crippen molar-refractivity contribution in [2.75, 3.05) is 6.54 Å². The average Bonchev–Trinajstić information content (AvgIpc) is 2.48. The fourth-order valence-electron chi connectivity index (χ4n) is 2.25. The molecule has 0 aromatic heterocycles. The molecule has 1 rings (SSSR count). The summed E-state index contributed by atoms with van der Waals surface area (Å²) in [6.45, 7) is 10.8. The summed E-state index contributed by atoms with van der Waals surface area (Å²) in [6.07, 6.45) is 0.396. The highest BCUT2D eigenvalue weighted by atomic mass is 16.2. The smallest absolute Gasteiger partial charge is 0.242 e.